The average Bonchev–Trinajstić information content (AvgIpc) is 2.36. The van der Waals surface area contributed by atoms with E-state index in [4.69, 9.17) is 5.11 Å². The first-order chi connectivity index (χ1) is 5.70. The highest BCUT2D eigenvalue weighted by molar-refractivity contribution is 5.68. The van der Waals surface area contributed by atoms with Gasteiger partial charge in [0.2, 0.25) is 0 Å². The van der Waals surface area contributed by atoms with Crippen LogP contribution in [0.15, 0.2) is 0 Å². The normalized spacial score (nSPS) is 24.6. The maximum atomic E-state index is 10.2. The number of aliphatic carboxylic acids is 1. The van der Waals surface area contributed by atoms with E-state index in [-0.39, 0.29) is 6.54 Å². The lowest BCUT2D eigenvalue weighted by atomic mass is 10.2. The fourth-order valence-corrected chi connectivity index (χ4v) is 1.58. The van der Waals surface area contributed by atoms with Crippen LogP contribution in [0.25, 0.3) is 0 Å². The van der Waals surface area contributed by atoms with Crippen LogP contribution in [-0.4, -0.2) is 48.7 Å². The minimum atomic E-state index is -0.782. The van der Waals surface area contributed by atoms with Gasteiger partial charge in [0.1, 0.15) is 0 Å². The molecule has 0 spiro atoms. The second kappa shape index (κ2) is 4.42. The Morgan fingerprint density at radius 3 is 3.00 bits per heavy atom. The fourth-order valence-electron chi connectivity index (χ4n) is 1.58. The predicted octanol–water partition coefficient (Wildman–Crippen LogP) is -0.245. The number of nitrogens with one attached hydrogen (secondary N) is 1. The van der Waals surface area contributed by atoms with Gasteiger partial charge in [-0.1, -0.05) is 0 Å². The molecule has 0 aliphatic carbocycles. The summed E-state index contributed by atoms with van der Waals surface area (Å²) in [7, 11) is 2.08. The van der Waals surface area contributed by atoms with Crippen LogP contribution in [0.5, 0.6) is 0 Å². The molecule has 12 heavy (non-hydrogen) atoms. The number of likely N-dealkylation sites (tertiary alicyclic amines) is 1. The van der Waals surface area contributed by atoms with Crippen LogP contribution in [0.3, 0.4) is 0 Å². The Balaban J connectivity index is 2.10. The van der Waals surface area contributed by atoms with E-state index in [1.54, 1.807) is 0 Å². The van der Waals surface area contributed by atoms with Gasteiger partial charge in [-0.05, 0) is 26.4 Å². The van der Waals surface area contributed by atoms with E-state index in [1.165, 1.54) is 12.8 Å². The Morgan fingerprint density at radius 1 is 1.75 bits per heavy atom. The van der Waals surface area contributed by atoms with Gasteiger partial charge >= 0.3 is 5.97 Å². The second-order valence-corrected chi connectivity index (χ2v) is 3.30. The molecule has 0 radical (unpaired) electrons. The standard InChI is InChI=1S/C8H16N2O2/c1-10-4-2-3-7(10)5-9-6-8(11)12/h7,9H,2-6H2,1H3,(H,11,12). The van der Waals surface area contributed by atoms with Crippen molar-refractivity contribution in [2.24, 2.45) is 0 Å². The Labute approximate surface area is 72.6 Å². The topological polar surface area (TPSA) is 52.6 Å². The first-order valence-corrected chi connectivity index (χ1v) is 4.33. The van der Waals surface area contributed by atoms with Gasteiger partial charge in [0.15, 0.2) is 0 Å². The Bertz CT molecular complexity index is 161. The van der Waals surface area contributed by atoms with Gasteiger partial charge in [0.25, 0.3) is 0 Å². The zero-order valence-corrected chi connectivity index (χ0v) is 7.42. The number of rotatable bonds is 4. The Kier molecular flexibility index (Phi) is 3.49. The third-order valence-electron chi connectivity index (χ3n) is 2.33. The molecule has 70 valence electrons. The highest BCUT2D eigenvalue weighted by Crippen LogP contribution is 2.13. The molecule has 1 aliphatic rings. The number of carbonyl (C=O) groups is 1. The van der Waals surface area contributed by atoms with Crippen LogP contribution in [0, 0.1) is 0 Å². The quantitative estimate of drug-likeness (QED) is 0.614. The van der Waals surface area contributed by atoms with Gasteiger partial charge in [0.05, 0.1) is 6.54 Å². The Hall–Kier alpha value is -0.610. The minimum Gasteiger partial charge on any atom is -0.480 e. The molecular formula is C8H16N2O2. The van der Waals surface area contributed by atoms with E-state index in [2.05, 4.69) is 17.3 Å². The molecule has 1 atom stereocenters. The zero-order chi connectivity index (χ0) is 8.97. The Morgan fingerprint density at radius 2 is 2.50 bits per heavy atom. The summed E-state index contributed by atoms with van der Waals surface area (Å²) in [6.45, 7) is 2.01. The number of hydrogen-bond donors (Lipinski definition) is 2. The SMILES string of the molecule is CN1CCCC1CNCC(=O)O. The molecule has 0 amide bonds. The van der Waals surface area contributed by atoms with Crippen molar-refractivity contribution < 1.29 is 9.90 Å². The molecule has 0 aromatic heterocycles. The summed E-state index contributed by atoms with van der Waals surface area (Å²) >= 11 is 0. The van der Waals surface area contributed by atoms with E-state index in [1.807, 2.05) is 0 Å². The van der Waals surface area contributed by atoms with Crippen molar-refractivity contribution in [3.05, 3.63) is 0 Å². The first kappa shape index (κ1) is 9.48. The molecule has 2 N–H and O–H groups in total. The van der Waals surface area contributed by atoms with Crippen LogP contribution >= 0.6 is 0 Å². The van der Waals surface area contributed by atoms with E-state index < -0.39 is 5.97 Å². The average molecular weight is 172 g/mol. The summed E-state index contributed by atoms with van der Waals surface area (Å²) < 4.78 is 0. The van der Waals surface area contributed by atoms with Crippen molar-refractivity contribution in [2.45, 2.75) is 18.9 Å². The minimum absolute atomic E-state index is 0.0737. The van der Waals surface area contributed by atoms with Crippen molar-refractivity contribution in [1.29, 1.82) is 0 Å². The van der Waals surface area contributed by atoms with Gasteiger partial charge < -0.3 is 15.3 Å². The van der Waals surface area contributed by atoms with E-state index >= 15 is 0 Å². The molecule has 1 saturated heterocycles. The smallest absolute Gasteiger partial charge is 0.317 e. The number of carboxylic acids is 1. The maximum absolute atomic E-state index is 10.2. The molecule has 0 aromatic carbocycles. The lowest BCUT2D eigenvalue weighted by molar-refractivity contribution is -0.136. The molecule has 1 rings (SSSR count). The monoisotopic (exact) mass is 172 g/mol. The van der Waals surface area contributed by atoms with Gasteiger partial charge in [-0.3, -0.25) is 4.79 Å². The highest BCUT2D eigenvalue weighted by atomic mass is 16.4. The van der Waals surface area contributed by atoms with Gasteiger partial charge in [0, 0.05) is 12.6 Å². The molecule has 0 saturated carbocycles. The van der Waals surface area contributed by atoms with Gasteiger partial charge in [-0.15, -0.1) is 0 Å². The van der Waals surface area contributed by atoms with E-state index in [9.17, 15) is 4.79 Å². The lowest BCUT2D eigenvalue weighted by Gasteiger charge is -2.18. The highest BCUT2D eigenvalue weighted by Gasteiger charge is 2.19. The summed E-state index contributed by atoms with van der Waals surface area (Å²) in [4.78, 5) is 12.5. The van der Waals surface area contributed by atoms with E-state index in [0.717, 1.165) is 13.1 Å². The number of carboxylic acid groups (broad SMARTS) is 1. The molecular weight excluding hydrogens is 156 g/mol. The summed E-state index contributed by atoms with van der Waals surface area (Å²) in [5.41, 5.74) is 0. The number of likely N-dealkylation sites (N-methyl/N-ethyl adjacent to an activating group) is 1. The van der Waals surface area contributed by atoms with Crippen LogP contribution in [0.2, 0.25) is 0 Å². The molecule has 1 aliphatic heterocycles. The zero-order valence-electron chi connectivity index (χ0n) is 7.42. The van der Waals surface area contributed by atoms with Gasteiger partial charge in [-0.2, -0.15) is 0 Å². The van der Waals surface area contributed by atoms with Crippen molar-refractivity contribution in [2.75, 3.05) is 26.7 Å². The molecule has 0 bridgehead atoms. The molecule has 0 aromatic rings. The molecule has 4 heteroatoms. The fraction of sp³-hybridized carbons (Fsp3) is 0.875. The van der Waals surface area contributed by atoms with Crippen LogP contribution in [0.1, 0.15) is 12.8 Å². The summed E-state index contributed by atoms with van der Waals surface area (Å²) in [5, 5.41) is 11.3. The summed E-state index contributed by atoms with van der Waals surface area (Å²) in [6, 6.07) is 0.532. The predicted molar refractivity (Wildman–Crippen MR) is 46.2 cm³/mol. The van der Waals surface area contributed by atoms with Crippen molar-refractivity contribution >= 4 is 5.97 Å². The van der Waals surface area contributed by atoms with E-state index in [0.29, 0.717) is 6.04 Å². The van der Waals surface area contributed by atoms with Crippen molar-refractivity contribution in [3.63, 3.8) is 0 Å². The summed E-state index contributed by atoms with van der Waals surface area (Å²) in [6.07, 6.45) is 2.42. The largest absolute Gasteiger partial charge is 0.480 e. The number of hydrogen-bond acceptors (Lipinski definition) is 3. The van der Waals surface area contributed by atoms with Crippen LogP contribution in [0.4, 0.5) is 0 Å². The third-order valence-corrected chi connectivity index (χ3v) is 2.33. The summed E-state index contributed by atoms with van der Waals surface area (Å²) in [5.74, 6) is -0.782. The maximum Gasteiger partial charge on any atom is 0.317 e. The molecule has 1 unspecified atom stereocenters. The third kappa shape index (κ3) is 2.79. The lowest BCUT2D eigenvalue weighted by Crippen LogP contribution is -2.37. The van der Waals surface area contributed by atoms with Gasteiger partial charge in [-0.25, -0.2) is 0 Å². The van der Waals surface area contributed by atoms with Crippen molar-refractivity contribution in [3.8, 4) is 0 Å². The molecule has 1 fully saturated rings. The van der Waals surface area contributed by atoms with Crippen molar-refractivity contribution in [1.82, 2.24) is 10.2 Å². The second-order valence-electron chi connectivity index (χ2n) is 3.30. The molecule has 4 nitrogen and oxygen atoms in total. The van der Waals surface area contributed by atoms with Crippen LogP contribution < -0.4 is 5.32 Å². The van der Waals surface area contributed by atoms with Crippen LogP contribution in [-0.2, 0) is 4.79 Å². The number of nitrogens with zero attached hydrogens (tertiary/aromatic N) is 1. The first-order valence-electron chi connectivity index (χ1n) is 4.33. The molecule has 1 heterocycles.